The van der Waals surface area contributed by atoms with Crippen molar-refractivity contribution in [2.75, 3.05) is 0 Å². The zero-order chi connectivity index (χ0) is 13.1. The lowest BCUT2D eigenvalue weighted by Crippen LogP contribution is -2.43. The molecule has 1 aromatic heterocycles. The van der Waals surface area contributed by atoms with E-state index < -0.39 is 5.56 Å². The van der Waals surface area contributed by atoms with Crippen molar-refractivity contribution in [3.8, 4) is 0 Å². The zero-order valence-corrected chi connectivity index (χ0v) is 10.6. The molecular formula is C13H18N2O3. The molecule has 0 atom stereocenters. The largest absolute Gasteiger partial charge is 0.331 e. The van der Waals surface area contributed by atoms with Crippen LogP contribution in [-0.4, -0.2) is 15.4 Å². The second-order valence-corrected chi connectivity index (χ2v) is 4.74. The van der Waals surface area contributed by atoms with E-state index in [1.54, 1.807) is 0 Å². The molecule has 0 amide bonds. The number of hydrogen-bond donors (Lipinski definition) is 0. The summed E-state index contributed by atoms with van der Waals surface area (Å²) in [4.78, 5) is 35.2. The molecular weight excluding hydrogens is 232 g/mol. The minimum atomic E-state index is -0.438. The van der Waals surface area contributed by atoms with Crippen molar-refractivity contribution in [3.63, 3.8) is 0 Å². The molecule has 0 radical (unpaired) electrons. The van der Waals surface area contributed by atoms with Crippen molar-refractivity contribution in [2.24, 2.45) is 0 Å². The van der Waals surface area contributed by atoms with Crippen molar-refractivity contribution in [1.82, 2.24) is 9.13 Å². The number of rotatable bonds is 3. The predicted octanol–water partition coefficient (Wildman–Crippen LogP) is 1.35. The van der Waals surface area contributed by atoms with Gasteiger partial charge in [-0.3, -0.25) is 18.7 Å². The minimum Gasteiger partial charge on any atom is -0.300 e. The summed E-state index contributed by atoms with van der Waals surface area (Å²) in [7, 11) is 0. The Morgan fingerprint density at radius 2 is 1.94 bits per heavy atom. The highest BCUT2D eigenvalue weighted by molar-refractivity contribution is 5.73. The third-order valence-electron chi connectivity index (χ3n) is 3.62. The van der Waals surface area contributed by atoms with Crippen LogP contribution in [0, 0.1) is 0 Å². The Bertz CT molecular complexity index is 550. The van der Waals surface area contributed by atoms with Gasteiger partial charge in [0, 0.05) is 18.8 Å². The van der Waals surface area contributed by atoms with E-state index in [1.807, 2.05) is 6.92 Å². The zero-order valence-electron chi connectivity index (χ0n) is 10.6. The van der Waals surface area contributed by atoms with E-state index in [-0.39, 0.29) is 17.3 Å². The van der Waals surface area contributed by atoms with E-state index >= 15 is 0 Å². The molecule has 18 heavy (non-hydrogen) atoms. The predicted molar refractivity (Wildman–Crippen MR) is 68.1 cm³/mol. The van der Waals surface area contributed by atoms with Crippen molar-refractivity contribution >= 4 is 6.29 Å². The fourth-order valence-electron chi connectivity index (χ4n) is 2.61. The maximum atomic E-state index is 12.2. The molecule has 1 heterocycles. The molecule has 1 aliphatic rings. The fourth-order valence-corrected chi connectivity index (χ4v) is 2.61. The number of aldehydes is 1. The molecule has 98 valence electrons. The standard InChI is InChI=1S/C13H18N2O3/c1-2-14-8-10(9-16)12(17)15(13(14)18)11-6-4-3-5-7-11/h8-9,11H,2-7H2,1H3. The van der Waals surface area contributed by atoms with Gasteiger partial charge >= 0.3 is 5.69 Å². The quantitative estimate of drug-likeness (QED) is 0.761. The van der Waals surface area contributed by atoms with Gasteiger partial charge in [0.1, 0.15) is 0 Å². The highest BCUT2D eigenvalue weighted by Gasteiger charge is 2.21. The summed E-state index contributed by atoms with van der Waals surface area (Å²) in [6.07, 6.45) is 6.81. The number of hydrogen-bond acceptors (Lipinski definition) is 3. The van der Waals surface area contributed by atoms with Crippen LogP contribution in [0.5, 0.6) is 0 Å². The Hall–Kier alpha value is -1.65. The molecule has 0 aromatic carbocycles. The summed E-state index contributed by atoms with van der Waals surface area (Å²) in [5.41, 5.74) is -0.659. The Balaban J connectivity index is 2.59. The Morgan fingerprint density at radius 1 is 1.28 bits per heavy atom. The van der Waals surface area contributed by atoms with Crippen LogP contribution in [0.3, 0.4) is 0 Å². The lowest BCUT2D eigenvalue weighted by Gasteiger charge is -2.24. The topological polar surface area (TPSA) is 61.1 Å². The Labute approximate surface area is 105 Å². The molecule has 0 aliphatic heterocycles. The van der Waals surface area contributed by atoms with Gasteiger partial charge in [-0.1, -0.05) is 19.3 Å². The van der Waals surface area contributed by atoms with E-state index in [2.05, 4.69) is 0 Å². The molecule has 0 unspecified atom stereocenters. The van der Waals surface area contributed by atoms with E-state index in [0.717, 1.165) is 32.1 Å². The minimum absolute atomic E-state index is 0.0450. The van der Waals surface area contributed by atoms with Gasteiger partial charge in [0.25, 0.3) is 5.56 Å². The fraction of sp³-hybridized carbons (Fsp3) is 0.615. The van der Waals surface area contributed by atoms with E-state index in [4.69, 9.17) is 0 Å². The molecule has 0 spiro atoms. The van der Waals surface area contributed by atoms with Gasteiger partial charge in [-0.25, -0.2) is 4.79 Å². The molecule has 2 rings (SSSR count). The molecule has 1 fully saturated rings. The third-order valence-corrected chi connectivity index (χ3v) is 3.62. The highest BCUT2D eigenvalue weighted by Crippen LogP contribution is 2.25. The Morgan fingerprint density at radius 3 is 2.50 bits per heavy atom. The second-order valence-electron chi connectivity index (χ2n) is 4.74. The van der Waals surface area contributed by atoms with Gasteiger partial charge in [0.05, 0.1) is 5.56 Å². The molecule has 1 aromatic rings. The molecule has 5 heteroatoms. The monoisotopic (exact) mass is 250 g/mol. The van der Waals surface area contributed by atoms with E-state index in [0.29, 0.717) is 12.8 Å². The van der Waals surface area contributed by atoms with Gasteiger partial charge in [0.2, 0.25) is 0 Å². The Kier molecular flexibility index (Phi) is 3.79. The van der Waals surface area contributed by atoms with Crippen LogP contribution < -0.4 is 11.2 Å². The first kappa shape index (κ1) is 12.8. The number of aromatic nitrogens is 2. The summed E-state index contributed by atoms with van der Waals surface area (Å²) in [5, 5.41) is 0. The van der Waals surface area contributed by atoms with Crippen molar-refractivity contribution in [2.45, 2.75) is 51.6 Å². The maximum Gasteiger partial charge on any atom is 0.331 e. The molecule has 0 N–H and O–H groups in total. The number of carbonyl (C=O) groups excluding carboxylic acids is 1. The lowest BCUT2D eigenvalue weighted by molar-refractivity contribution is 0.112. The third kappa shape index (κ3) is 2.17. The molecule has 0 bridgehead atoms. The van der Waals surface area contributed by atoms with Crippen LogP contribution in [0.4, 0.5) is 0 Å². The number of carbonyl (C=O) groups is 1. The average Bonchev–Trinajstić information content (AvgIpc) is 2.40. The van der Waals surface area contributed by atoms with E-state index in [1.165, 1.54) is 15.3 Å². The molecule has 1 saturated carbocycles. The summed E-state index contributed by atoms with van der Waals surface area (Å²) in [6, 6.07) is -0.0450. The van der Waals surface area contributed by atoms with Crippen LogP contribution in [-0.2, 0) is 6.54 Å². The lowest BCUT2D eigenvalue weighted by atomic mass is 9.95. The first-order chi connectivity index (χ1) is 8.69. The van der Waals surface area contributed by atoms with Gasteiger partial charge in [-0.2, -0.15) is 0 Å². The maximum absolute atomic E-state index is 12.2. The van der Waals surface area contributed by atoms with Crippen LogP contribution in [0.25, 0.3) is 0 Å². The van der Waals surface area contributed by atoms with Crippen LogP contribution in [0.2, 0.25) is 0 Å². The highest BCUT2D eigenvalue weighted by atomic mass is 16.2. The smallest absolute Gasteiger partial charge is 0.300 e. The summed E-state index contributed by atoms with van der Waals surface area (Å²) in [6.45, 7) is 2.29. The van der Waals surface area contributed by atoms with Gasteiger partial charge in [0.15, 0.2) is 6.29 Å². The summed E-state index contributed by atoms with van der Waals surface area (Å²) in [5.74, 6) is 0. The molecule has 0 saturated heterocycles. The second kappa shape index (κ2) is 5.33. The van der Waals surface area contributed by atoms with Crippen molar-refractivity contribution < 1.29 is 4.79 Å². The SMILES string of the molecule is CCn1cc(C=O)c(=O)n(C2CCCCC2)c1=O. The first-order valence-corrected chi connectivity index (χ1v) is 6.50. The van der Waals surface area contributed by atoms with Crippen LogP contribution >= 0.6 is 0 Å². The summed E-state index contributed by atoms with van der Waals surface area (Å²) < 4.78 is 2.71. The van der Waals surface area contributed by atoms with Crippen molar-refractivity contribution in [1.29, 1.82) is 0 Å². The van der Waals surface area contributed by atoms with Crippen LogP contribution in [0.1, 0.15) is 55.4 Å². The van der Waals surface area contributed by atoms with Crippen molar-refractivity contribution in [3.05, 3.63) is 32.6 Å². The number of aryl methyl sites for hydroxylation is 1. The van der Waals surface area contributed by atoms with Gasteiger partial charge < -0.3 is 0 Å². The van der Waals surface area contributed by atoms with Crippen LogP contribution in [0.15, 0.2) is 15.8 Å². The summed E-state index contributed by atoms with van der Waals surface area (Å²) >= 11 is 0. The average molecular weight is 250 g/mol. The molecule has 5 nitrogen and oxygen atoms in total. The first-order valence-electron chi connectivity index (χ1n) is 6.50. The van der Waals surface area contributed by atoms with Gasteiger partial charge in [-0.05, 0) is 19.8 Å². The number of nitrogens with zero attached hydrogens (tertiary/aromatic N) is 2. The normalized spacial score (nSPS) is 16.7. The van der Waals surface area contributed by atoms with E-state index in [9.17, 15) is 14.4 Å². The van der Waals surface area contributed by atoms with Gasteiger partial charge in [-0.15, -0.1) is 0 Å². The molecule has 1 aliphatic carbocycles.